The van der Waals surface area contributed by atoms with Crippen molar-refractivity contribution < 1.29 is 19.0 Å². The van der Waals surface area contributed by atoms with Gasteiger partial charge in [0.2, 0.25) is 5.91 Å². The standard InChI is InChI=1S/C19H30N2O4.ClH/c1-5-24-16-12-19(20,18(16,2)3)17(22)21-13-14-6-8-15(9-7-14)25-11-10-23-4;/h6-9,16H,5,10-13,20H2,1-4H3,(H,21,22);1H. The molecule has 0 bridgehead atoms. The van der Waals surface area contributed by atoms with Crippen LogP contribution in [0.5, 0.6) is 5.75 Å². The van der Waals surface area contributed by atoms with Crippen LogP contribution < -0.4 is 15.8 Å². The van der Waals surface area contributed by atoms with Crippen molar-refractivity contribution in [1.82, 2.24) is 5.32 Å². The number of halogens is 1. The first-order valence-corrected chi connectivity index (χ1v) is 8.74. The molecular weight excluding hydrogens is 356 g/mol. The summed E-state index contributed by atoms with van der Waals surface area (Å²) in [4.78, 5) is 12.6. The zero-order valence-electron chi connectivity index (χ0n) is 16.0. The van der Waals surface area contributed by atoms with Crippen LogP contribution >= 0.6 is 12.4 Å². The highest BCUT2D eigenvalue weighted by atomic mass is 35.5. The minimum absolute atomic E-state index is 0. The topological polar surface area (TPSA) is 82.8 Å². The average molecular weight is 387 g/mol. The van der Waals surface area contributed by atoms with Crippen molar-refractivity contribution in [3.63, 3.8) is 0 Å². The van der Waals surface area contributed by atoms with Gasteiger partial charge in [-0.1, -0.05) is 26.0 Å². The quantitative estimate of drug-likeness (QED) is 0.636. The lowest BCUT2D eigenvalue weighted by Gasteiger charge is -2.57. The van der Waals surface area contributed by atoms with Crippen LogP contribution in [0.25, 0.3) is 0 Å². The molecule has 1 aromatic carbocycles. The van der Waals surface area contributed by atoms with E-state index in [-0.39, 0.29) is 29.8 Å². The van der Waals surface area contributed by atoms with Gasteiger partial charge in [-0.25, -0.2) is 0 Å². The van der Waals surface area contributed by atoms with Gasteiger partial charge in [-0.3, -0.25) is 4.79 Å². The minimum atomic E-state index is -0.893. The fourth-order valence-electron chi connectivity index (χ4n) is 3.11. The molecule has 1 aromatic rings. The summed E-state index contributed by atoms with van der Waals surface area (Å²) in [7, 11) is 1.64. The summed E-state index contributed by atoms with van der Waals surface area (Å²) < 4.78 is 16.1. The molecule has 0 aromatic heterocycles. The third kappa shape index (κ3) is 4.68. The molecule has 26 heavy (non-hydrogen) atoms. The van der Waals surface area contributed by atoms with Gasteiger partial charge >= 0.3 is 0 Å². The number of hydrogen-bond acceptors (Lipinski definition) is 5. The van der Waals surface area contributed by atoms with Crippen LogP contribution in [0.3, 0.4) is 0 Å². The SMILES string of the molecule is CCOC1CC(N)(C(=O)NCc2ccc(OCCOC)cc2)C1(C)C.Cl. The van der Waals surface area contributed by atoms with Gasteiger partial charge in [0.05, 0.1) is 12.7 Å². The number of methoxy groups -OCH3 is 1. The minimum Gasteiger partial charge on any atom is -0.491 e. The summed E-state index contributed by atoms with van der Waals surface area (Å²) in [5.41, 5.74) is 6.10. The van der Waals surface area contributed by atoms with Gasteiger partial charge in [0.1, 0.15) is 17.9 Å². The summed E-state index contributed by atoms with van der Waals surface area (Å²) in [5.74, 6) is 0.649. The lowest BCUT2D eigenvalue weighted by Crippen LogP contribution is -2.75. The number of ether oxygens (including phenoxy) is 3. The molecule has 6 nitrogen and oxygen atoms in total. The molecule has 0 spiro atoms. The predicted molar refractivity (Wildman–Crippen MR) is 104 cm³/mol. The van der Waals surface area contributed by atoms with Crippen LogP contribution in [0.2, 0.25) is 0 Å². The van der Waals surface area contributed by atoms with E-state index in [9.17, 15) is 4.79 Å². The van der Waals surface area contributed by atoms with Crippen LogP contribution in [0, 0.1) is 5.41 Å². The summed E-state index contributed by atoms with van der Waals surface area (Å²) >= 11 is 0. The number of benzene rings is 1. The second-order valence-corrected chi connectivity index (χ2v) is 7.01. The summed E-state index contributed by atoms with van der Waals surface area (Å²) in [5, 5.41) is 2.95. The van der Waals surface area contributed by atoms with E-state index in [2.05, 4.69) is 5.32 Å². The molecule has 148 valence electrons. The van der Waals surface area contributed by atoms with E-state index < -0.39 is 5.54 Å². The number of carbonyl (C=O) groups excluding carboxylic acids is 1. The molecule has 7 heteroatoms. The first-order chi connectivity index (χ1) is 11.8. The van der Waals surface area contributed by atoms with Gasteiger partial charge in [-0.05, 0) is 24.6 Å². The van der Waals surface area contributed by atoms with E-state index in [0.29, 0.717) is 32.8 Å². The van der Waals surface area contributed by atoms with E-state index in [1.165, 1.54) is 0 Å². The Morgan fingerprint density at radius 2 is 1.92 bits per heavy atom. The fraction of sp³-hybridized carbons (Fsp3) is 0.632. The van der Waals surface area contributed by atoms with Crippen LogP contribution in [0.4, 0.5) is 0 Å². The van der Waals surface area contributed by atoms with Gasteiger partial charge in [-0.2, -0.15) is 0 Å². The lowest BCUT2D eigenvalue weighted by molar-refractivity contribution is -0.170. The molecule has 0 radical (unpaired) electrons. The number of amides is 1. The van der Waals surface area contributed by atoms with Crippen LogP contribution in [-0.4, -0.2) is 44.5 Å². The van der Waals surface area contributed by atoms with E-state index in [0.717, 1.165) is 11.3 Å². The largest absolute Gasteiger partial charge is 0.491 e. The number of rotatable bonds is 9. The Bertz CT molecular complexity index is 579. The van der Waals surface area contributed by atoms with E-state index >= 15 is 0 Å². The molecule has 1 saturated carbocycles. The Hall–Kier alpha value is -1.34. The molecule has 1 amide bonds. The number of nitrogens with two attached hydrogens (primary N) is 1. The van der Waals surface area contributed by atoms with Crippen molar-refractivity contribution in [2.45, 2.75) is 45.4 Å². The van der Waals surface area contributed by atoms with Gasteiger partial charge < -0.3 is 25.3 Å². The first-order valence-electron chi connectivity index (χ1n) is 8.74. The lowest BCUT2D eigenvalue weighted by atomic mass is 9.54. The monoisotopic (exact) mass is 386 g/mol. The molecule has 0 saturated heterocycles. The van der Waals surface area contributed by atoms with Crippen molar-refractivity contribution in [1.29, 1.82) is 0 Å². The molecule has 2 atom stereocenters. The zero-order valence-corrected chi connectivity index (χ0v) is 16.9. The number of carbonyl (C=O) groups is 1. The fourth-order valence-corrected chi connectivity index (χ4v) is 3.11. The molecule has 0 heterocycles. The van der Waals surface area contributed by atoms with Crippen molar-refractivity contribution in [2.24, 2.45) is 11.1 Å². The highest BCUT2D eigenvalue weighted by Gasteiger charge is 2.62. The van der Waals surface area contributed by atoms with E-state index in [1.807, 2.05) is 45.0 Å². The molecule has 3 N–H and O–H groups in total. The first kappa shape index (κ1) is 22.7. The van der Waals surface area contributed by atoms with Crippen molar-refractivity contribution >= 4 is 18.3 Å². The third-order valence-electron chi connectivity index (χ3n) is 5.17. The van der Waals surface area contributed by atoms with Crippen LogP contribution in [-0.2, 0) is 20.8 Å². The maximum atomic E-state index is 12.6. The number of nitrogens with one attached hydrogen (secondary N) is 1. The third-order valence-corrected chi connectivity index (χ3v) is 5.17. The molecule has 2 unspecified atom stereocenters. The zero-order chi connectivity index (χ0) is 18.5. The normalized spacial score (nSPS) is 23.5. The molecule has 2 rings (SSSR count). The molecule has 1 aliphatic rings. The summed E-state index contributed by atoms with van der Waals surface area (Å²) in [6.45, 7) is 8.06. The predicted octanol–water partition coefficient (Wildman–Crippen LogP) is 2.28. The van der Waals surface area contributed by atoms with Gasteiger partial charge in [0.15, 0.2) is 0 Å². The van der Waals surface area contributed by atoms with Gasteiger partial charge in [-0.15, -0.1) is 12.4 Å². The maximum absolute atomic E-state index is 12.6. The Morgan fingerprint density at radius 3 is 2.46 bits per heavy atom. The molecule has 0 aliphatic heterocycles. The highest BCUT2D eigenvalue weighted by Crippen LogP contribution is 2.49. The van der Waals surface area contributed by atoms with Gasteiger partial charge in [0.25, 0.3) is 0 Å². The van der Waals surface area contributed by atoms with Crippen molar-refractivity contribution in [3.05, 3.63) is 29.8 Å². The Labute approximate surface area is 162 Å². The highest BCUT2D eigenvalue weighted by molar-refractivity contribution is 5.88. The molecule has 1 aliphatic carbocycles. The second-order valence-electron chi connectivity index (χ2n) is 7.01. The smallest absolute Gasteiger partial charge is 0.241 e. The number of hydrogen-bond donors (Lipinski definition) is 2. The molecular formula is C19H31ClN2O4. The Morgan fingerprint density at radius 1 is 1.27 bits per heavy atom. The molecule has 1 fully saturated rings. The summed E-state index contributed by atoms with van der Waals surface area (Å²) in [6, 6.07) is 7.63. The van der Waals surface area contributed by atoms with Gasteiger partial charge in [0, 0.05) is 32.1 Å². The Kier molecular flexibility index (Phi) is 8.34. The Balaban J connectivity index is 0.00000338. The van der Waals surface area contributed by atoms with E-state index in [4.69, 9.17) is 19.9 Å². The summed E-state index contributed by atoms with van der Waals surface area (Å²) in [6.07, 6.45) is 0.572. The van der Waals surface area contributed by atoms with Crippen LogP contribution in [0.1, 0.15) is 32.8 Å². The van der Waals surface area contributed by atoms with Crippen molar-refractivity contribution in [3.8, 4) is 5.75 Å². The van der Waals surface area contributed by atoms with Crippen LogP contribution in [0.15, 0.2) is 24.3 Å². The second kappa shape index (κ2) is 9.55. The average Bonchev–Trinajstić information content (AvgIpc) is 2.60. The van der Waals surface area contributed by atoms with E-state index in [1.54, 1.807) is 7.11 Å². The maximum Gasteiger partial charge on any atom is 0.241 e. The van der Waals surface area contributed by atoms with Crippen molar-refractivity contribution in [2.75, 3.05) is 26.9 Å².